The summed E-state index contributed by atoms with van der Waals surface area (Å²) in [6, 6.07) is 16.4. The molecule has 0 spiro atoms. The van der Waals surface area contributed by atoms with Crippen molar-refractivity contribution in [3.63, 3.8) is 0 Å². The van der Waals surface area contributed by atoms with Crippen LogP contribution >= 0.6 is 0 Å². The number of phenolic OH excluding ortho intramolecular Hbond substituents is 1. The highest BCUT2D eigenvalue weighted by Crippen LogP contribution is 2.32. The number of nitrogens with one attached hydrogen (secondary N) is 1. The predicted molar refractivity (Wildman–Crippen MR) is 142 cm³/mol. The fourth-order valence-corrected chi connectivity index (χ4v) is 5.64. The van der Waals surface area contributed by atoms with Crippen molar-refractivity contribution in [3.8, 4) is 22.6 Å². The number of esters is 1. The fourth-order valence-electron chi connectivity index (χ4n) is 4.55. The average molecular weight is 539 g/mol. The van der Waals surface area contributed by atoms with Gasteiger partial charge in [0.05, 0.1) is 37.0 Å². The molecule has 1 saturated heterocycles. The van der Waals surface area contributed by atoms with E-state index in [0.717, 1.165) is 48.5 Å². The molecule has 3 aromatic rings. The number of rotatable bonds is 9. The number of ether oxygens (including phenoxy) is 3. The lowest BCUT2D eigenvalue weighted by Gasteiger charge is -2.26. The van der Waals surface area contributed by atoms with E-state index >= 15 is 0 Å². The van der Waals surface area contributed by atoms with E-state index in [1.165, 1.54) is 24.3 Å². The number of hydrogen-bond acceptors (Lipinski definition) is 8. The summed E-state index contributed by atoms with van der Waals surface area (Å²) >= 11 is 0. The second kappa shape index (κ2) is 11.4. The molecule has 10 heteroatoms. The molecular weight excluding hydrogens is 508 g/mol. The van der Waals surface area contributed by atoms with Crippen LogP contribution < -0.4 is 9.46 Å². The Morgan fingerprint density at radius 1 is 1.00 bits per heavy atom. The average Bonchev–Trinajstić information content (AvgIpc) is 3.40. The molecule has 200 valence electrons. The highest BCUT2D eigenvalue weighted by Gasteiger charge is 2.19. The molecule has 9 nitrogen and oxygen atoms in total. The quantitative estimate of drug-likeness (QED) is 0.313. The van der Waals surface area contributed by atoms with Gasteiger partial charge in [0, 0.05) is 32.1 Å². The summed E-state index contributed by atoms with van der Waals surface area (Å²) in [5.41, 5.74) is 2.86. The van der Waals surface area contributed by atoms with Crippen molar-refractivity contribution in [2.45, 2.75) is 17.7 Å². The van der Waals surface area contributed by atoms with Gasteiger partial charge in [-0.15, -0.1) is 0 Å². The van der Waals surface area contributed by atoms with E-state index in [1.54, 1.807) is 12.1 Å². The van der Waals surface area contributed by atoms with Crippen LogP contribution in [0.1, 0.15) is 22.3 Å². The van der Waals surface area contributed by atoms with Gasteiger partial charge in [-0.1, -0.05) is 18.2 Å². The molecule has 0 saturated carbocycles. The molecule has 2 aliphatic heterocycles. The summed E-state index contributed by atoms with van der Waals surface area (Å²) in [7, 11) is -3.95. The molecule has 3 aromatic carbocycles. The Bertz CT molecular complexity index is 1420. The van der Waals surface area contributed by atoms with Gasteiger partial charge in [0.15, 0.2) is 0 Å². The van der Waals surface area contributed by atoms with Crippen molar-refractivity contribution < 1.29 is 32.5 Å². The van der Waals surface area contributed by atoms with Crippen LogP contribution in [0.2, 0.25) is 0 Å². The zero-order chi connectivity index (χ0) is 26.5. The summed E-state index contributed by atoms with van der Waals surface area (Å²) in [5.74, 6) is -0.164. The lowest BCUT2D eigenvalue weighted by Crippen LogP contribution is -2.37. The van der Waals surface area contributed by atoms with Crippen LogP contribution in [-0.4, -0.2) is 70.5 Å². The smallest absolute Gasteiger partial charge is 0.341 e. The van der Waals surface area contributed by atoms with Crippen LogP contribution in [0, 0.1) is 0 Å². The third-order valence-corrected chi connectivity index (χ3v) is 7.97. The van der Waals surface area contributed by atoms with Crippen molar-refractivity contribution in [3.05, 3.63) is 71.8 Å². The molecular formula is C28H30N2O7S. The van der Waals surface area contributed by atoms with Gasteiger partial charge >= 0.3 is 5.97 Å². The Hall–Kier alpha value is -3.60. The molecule has 2 aliphatic rings. The minimum Gasteiger partial charge on any atom is -0.507 e. The molecule has 0 atom stereocenters. The van der Waals surface area contributed by atoms with Gasteiger partial charge in [-0.25, -0.2) is 13.2 Å². The summed E-state index contributed by atoms with van der Waals surface area (Å²) in [4.78, 5) is 14.7. The lowest BCUT2D eigenvalue weighted by atomic mass is 10.0. The summed E-state index contributed by atoms with van der Waals surface area (Å²) < 4.78 is 44.8. The number of phenols is 1. The standard InChI is InChI=1S/C28H30N2O7S/c31-26-19-23(6-7-25(26)28(32)37-13-2-10-30-11-15-35-16-12-30)29-38(33,34)24-4-1-3-20(18-24)21-5-8-27-22(17-21)9-14-36-27/h1,3-8,17-19,29,31H,2,9-16H2. The van der Waals surface area contributed by atoms with Gasteiger partial charge in [-0.3, -0.25) is 9.62 Å². The predicted octanol–water partition coefficient (Wildman–Crippen LogP) is 3.67. The minimum absolute atomic E-state index is 0.0260. The van der Waals surface area contributed by atoms with Gasteiger partial charge in [0.25, 0.3) is 10.0 Å². The molecule has 2 N–H and O–H groups in total. The van der Waals surface area contributed by atoms with E-state index in [1.807, 2.05) is 24.3 Å². The zero-order valence-electron chi connectivity index (χ0n) is 20.9. The van der Waals surface area contributed by atoms with E-state index in [9.17, 15) is 18.3 Å². The first kappa shape index (κ1) is 26.0. The van der Waals surface area contributed by atoms with Gasteiger partial charge in [-0.05, 0) is 59.5 Å². The highest BCUT2D eigenvalue weighted by atomic mass is 32.2. The number of nitrogens with zero attached hydrogens (tertiary/aromatic N) is 1. The molecule has 0 amide bonds. The van der Waals surface area contributed by atoms with Crippen LogP contribution in [0.3, 0.4) is 0 Å². The van der Waals surface area contributed by atoms with Crippen molar-refractivity contribution in [2.75, 3.05) is 50.8 Å². The van der Waals surface area contributed by atoms with Gasteiger partial charge < -0.3 is 19.3 Å². The van der Waals surface area contributed by atoms with Crippen molar-refractivity contribution >= 4 is 21.7 Å². The third kappa shape index (κ3) is 6.09. The van der Waals surface area contributed by atoms with Crippen LogP contribution in [0.25, 0.3) is 11.1 Å². The molecule has 0 aliphatic carbocycles. The maximum atomic E-state index is 13.1. The summed E-state index contributed by atoms with van der Waals surface area (Å²) in [6.07, 6.45) is 1.49. The number of morpholine rings is 1. The van der Waals surface area contributed by atoms with Crippen molar-refractivity contribution in [1.29, 1.82) is 0 Å². The molecule has 38 heavy (non-hydrogen) atoms. The normalized spacial score (nSPS) is 15.5. The Morgan fingerprint density at radius 3 is 2.63 bits per heavy atom. The van der Waals surface area contributed by atoms with Gasteiger partial charge in [-0.2, -0.15) is 0 Å². The monoisotopic (exact) mass is 538 g/mol. The first-order chi connectivity index (χ1) is 18.4. The molecule has 0 bridgehead atoms. The van der Waals surface area contributed by atoms with Crippen molar-refractivity contribution in [1.82, 2.24) is 4.90 Å². The first-order valence-electron chi connectivity index (χ1n) is 12.6. The maximum absolute atomic E-state index is 13.1. The van der Waals surface area contributed by atoms with E-state index in [0.29, 0.717) is 26.2 Å². The Balaban J connectivity index is 1.21. The van der Waals surface area contributed by atoms with Crippen LogP contribution in [0.5, 0.6) is 11.5 Å². The highest BCUT2D eigenvalue weighted by molar-refractivity contribution is 7.92. The minimum atomic E-state index is -3.95. The van der Waals surface area contributed by atoms with E-state index in [-0.39, 0.29) is 28.5 Å². The number of aromatic hydroxyl groups is 1. The number of sulfonamides is 1. The molecule has 2 heterocycles. The topological polar surface area (TPSA) is 114 Å². The van der Waals surface area contributed by atoms with Gasteiger partial charge in [0.1, 0.15) is 17.1 Å². The molecule has 1 fully saturated rings. The summed E-state index contributed by atoms with van der Waals surface area (Å²) in [6.45, 7) is 4.80. The van der Waals surface area contributed by atoms with E-state index < -0.39 is 16.0 Å². The maximum Gasteiger partial charge on any atom is 0.341 e. The number of anilines is 1. The van der Waals surface area contributed by atoms with E-state index in [2.05, 4.69) is 9.62 Å². The molecule has 0 radical (unpaired) electrons. The second-order valence-electron chi connectivity index (χ2n) is 9.23. The number of benzene rings is 3. The Kier molecular flexibility index (Phi) is 7.82. The molecule has 0 aromatic heterocycles. The van der Waals surface area contributed by atoms with Crippen molar-refractivity contribution in [2.24, 2.45) is 0 Å². The number of fused-ring (bicyclic) bond motifs is 1. The van der Waals surface area contributed by atoms with Gasteiger partial charge in [0.2, 0.25) is 0 Å². The largest absolute Gasteiger partial charge is 0.507 e. The fraction of sp³-hybridized carbons (Fsp3) is 0.321. The first-order valence-corrected chi connectivity index (χ1v) is 14.1. The van der Waals surface area contributed by atoms with Crippen LogP contribution in [0.15, 0.2) is 65.6 Å². The molecule has 5 rings (SSSR count). The molecule has 0 unspecified atom stereocenters. The number of carbonyl (C=O) groups is 1. The lowest BCUT2D eigenvalue weighted by molar-refractivity contribution is 0.0297. The number of carbonyl (C=O) groups excluding carboxylic acids is 1. The summed E-state index contributed by atoms with van der Waals surface area (Å²) in [5, 5.41) is 10.4. The van der Waals surface area contributed by atoms with Crippen LogP contribution in [-0.2, 0) is 25.9 Å². The zero-order valence-corrected chi connectivity index (χ0v) is 21.7. The number of hydrogen-bond donors (Lipinski definition) is 2. The SMILES string of the molecule is O=C(OCCCN1CCOCC1)c1ccc(NS(=O)(=O)c2cccc(-c3ccc4c(c3)CCO4)c2)cc1O. The third-order valence-electron chi connectivity index (χ3n) is 6.59. The second-order valence-corrected chi connectivity index (χ2v) is 10.9. The van der Waals surface area contributed by atoms with E-state index in [4.69, 9.17) is 14.2 Å². The Morgan fingerprint density at radius 2 is 1.82 bits per heavy atom. The Labute approximate surface area is 222 Å². The van der Waals surface area contributed by atoms with Crippen LogP contribution in [0.4, 0.5) is 5.69 Å².